The standard InChI is InChI=1S/C9H13N3O/c10-9(13)7-1-2-8-5-11-3-4-12(8)6-7/h1-2,11H,3-6H2,(H2,10,13). The van der Waals surface area contributed by atoms with Gasteiger partial charge in [0, 0.05) is 37.4 Å². The highest BCUT2D eigenvalue weighted by molar-refractivity contribution is 5.93. The van der Waals surface area contributed by atoms with Gasteiger partial charge in [0.15, 0.2) is 0 Å². The van der Waals surface area contributed by atoms with Crippen LogP contribution < -0.4 is 11.1 Å². The largest absolute Gasteiger partial charge is 0.368 e. The van der Waals surface area contributed by atoms with Gasteiger partial charge in [-0.25, -0.2) is 0 Å². The molecule has 0 radical (unpaired) electrons. The third-order valence-corrected chi connectivity index (χ3v) is 2.43. The van der Waals surface area contributed by atoms with Crippen molar-refractivity contribution in [3.8, 4) is 0 Å². The highest BCUT2D eigenvalue weighted by Crippen LogP contribution is 2.15. The topological polar surface area (TPSA) is 58.4 Å². The van der Waals surface area contributed by atoms with Crippen LogP contribution in [0, 0.1) is 0 Å². The number of carbonyl (C=O) groups excluding carboxylic acids is 1. The van der Waals surface area contributed by atoms with Gasteiger partial charge in [0.25, 0.3) is 0 Å². The molecule has 0 aliphatic carbocycles. The van der Waals surface area contributed by atoms with Crippen molar-refractivity contribution >= 4 is 5.91 Å². The van der Waals surface area contributed by atoms with Crippen molar-refractivity contribution in [3.63, 3.8) is 0 Å². The SMILES string of the molecule is NC(=O)C1=CC=C2CNCCN2C1. The lowest BCUT2D eigenvalue weighted by Gasteiger charge is -2.34. The quantitative estimate of drug-likeness (QED) is 0.554. The van der Waals surface area contributed by atoms with E-state index in [1.165, 1.54) is 5.70 Å². The minimum atomic E-state index is -0.311. The highest BCUT2D eigenvalue weighted by Gasteiger charge is 2.19. The Morgan fingerprint density at radius 3 is 3.15 bits per heavy atom. The first-order chi connectivity index (χ1) is 6.27. The van der Waals surface area contributed by atoms with Crippen LogP contribution in [-0.2, 0) is 4.79 Å². The molecule has 4 heteroatoms. The van der Waals surface area contributed by atoms with E-state index in [1.54, 1.807) is 0 Å². The van der Waals surface area contributed by atoms with Crippen LogP contribution in [0.3, 0.4) is 0 Å². The first-order valence-corrected chi connectivity index (χ1v) is 4.42. The van der Waals surface area contributed by atoms with Crippen LogP contribution in [0.2, 0.25) is 0 Å². The number of amides is 1. The summed E-state index contributed by atoms with van der Waals surface area (Å²) in [5.41, 5.74) is 7.16. The van der Waals surface area contributed by atoms with E-state index in [-0.39, 0.29) is 5.91 Å². The van der Waals surface area contributed by atoms with Crippen molar-refractivity contribution in [1.29, 1.82) is 0 Å². The first-order valence-electron chi connectivity index (χ1n) is 4.42. The summed E-state index contributed by atoms with van der Waals surface area (Å²) < 4.78 is 0. The molecule has 0 spiro atoms. The Bertz CT molecular complexity index is 293. The summed E-state index contributed by atoms with van der Waals surface area (Å²) in [6, 6.07) is 0. The second kappa shape index (κ2) is 3.22. The van der Waals surface area contributed by atoms with Crippen LogP contribution in [-0.4, -0.2) is 37.0 Å². The van der Waals surface area contributed by atoms with Crippen LogP contribution in [0.4, 0.5) is 0 Å². The third kappa shape index (κ3) is 1.58. The molecule has 1 saturated heterocycles. The lowest BCUT2D eigenvalue weighted by atomic mass is 10.1. The monoisotopic (exact) mass is 179 g/mol. The maximum atomic E-state index is 10.9. The van der Waals surface area contributed by atoms with Gasteiger partial charge in [-0.3, -0.25) is 4.79 Å². The summed E-state index contributed by atoms with van der Waals surface area (Å²) in [7, 11) is 0. The van der Waals surface area contributed by atoms with Crippen molar-refractivity contribution in [2.75, 3.05) is 26.2 Å². The van der Waals surface area contributed by atoms with E-state index in [0.717, 1.165) is 19.6 Å². The predicted octanol–water partition coefficient (Wildman–Crippen LogP) is -0.799. The van der Waals surface area contributed by atoms with Crippen molar-refractivity contribution in [2.45, 2.75) is 0 Å². The molecule has 0 aromatic carbocycles. The zero-order valence-electron chi connectivity index (χ0n) is 7.42. The minimum absolute atomic E-state index is 0.311. The molecule has 0 aromatic heterocycles. The Kier molecular flexibility index (Phi) is 2.06. The maximum absolute atomic E-state index is 10.9. The first kappa shape index (κ1) is 8.31. The van der Waals surface area contributed by atoms with Crippen LogP contribution in [0.25, 0.3) is 0 Å². The van der Waals surface area contributed by atoms with E-state index < -0.39 is 0 Å². The number of piperazine rings is 1. The summed E-state index contributed by atoms with van der Waals surface area (Å²) in [6.45, 7) is 3.49. The van der Waals surface area contributed by atoms with E-state index in [4.69, 9.17) is 5.73 Å². The van der Waals surface area contributed by atoms with Crippen molar-refractivity contribution in [1.82, 2.24) is 10.2 Å². The Labute approximate surface area is 77.1 Å². The molecule has 1 fully saturated rings. The molecule has 2 aliphatic heterocycles. The maximum Gasteiger partial charge on any atom is 0.246 e. The summed E-state index contributed by atoms with van der Waals surface area (Å²) in [6.07, 6.45) is 3.79. The molecule has 2 heterocycles. The van der Waals surface area contributed by atoms with Crippen molar-refractivity contribution in [3.05, 3.63) is 23.4 Å². The number of nitrogens with zero attached hydrogens (tertiary/aromatic N) is 1. The summed E-state index contributed by atoms with van der Waals surface area (Å²) >= 11 is 0. The number of nitrogens with two attached hydrogens (primary N) is 1. The van der Waals surface area contributed by atoms with Crippen molar-refractivity contribution < 1.29 is 4.79 Å². The summed E-state index contributed by atoms with van der Waals surface area (Å²) in [5, 5.41) is 3.27. The van der Waals surface area contributed by atoms with Gasteiger partial charge < -0.3 is 16.0 Å². The number of allylic oxidation sites excluding steroid dienone is 2. The molecular weight excluding hydrogens is 166 g/mol. The van der Waals surface area contributed by atoms with Gasteiger partial charge >= 0.3 is 0 Å². The molecule has 4 nitrogen and oxygen atoms in total. The van der Waals surface area contributed by atoms with Crippen molar-refractivity contribution in [2.24, 2.45) is 5.73 Å². The molecule has 1 amide bonds. The Hall–Kier alpha value is -1.29. The predicted molar refractivity (Wildman–Crippen MR) is 49.8 cm³/mol. The van der Waals surface area contributed by atoms with Crippen LogP contribution in [0.15, 0.2) is 23.4 Å². The second-order valence-electron chi connectivity index (χ2n) is 3.31. The van der Waals surface area contributed by atoms with Gasteiger partial charge in [0.2, 0.25) is 5.91 Å². The normalized spacial score (nSPS) is 21.7. The van der Waals surface area contributed by atoms with E-state index >= 15 is 0 Å². The second-order valence-corrected chi connectivity index (χ2v) is 3.31. The number of primary amides is 1. The molecule has 3 N–H and O–H groups in total. The van der Waals surface area contributed by atoms with Gasteiger partial charge in [0.1, 0.15) is 0 Å². The fraction of sp³-hybridized carbons (Fsp3) is 0.444. The molecule has 2 aliphatic rings. The van der Waals surface area contributed by atoms with Gasteiger partial charge in [-0.05, 0) is 12.2 Å². The zero-order valence-corrected chi connectivity index (χ0v) is 7.42. The van der Waals surface area contributed by atoms with E-state index in [2.05, 4.69) is 10.2 Å². The Morgan fingerprint density at radius 1 is 1.54 bits per heavy atom. The number of nitrogens with one attached hydrogen (secondary N) is 1. The molecule has 0 bridgehead atoms. The molecule has 70 valence electrons. The fourth-order valence-electron chi connectivity index (χ4n) is 1.65. The van der Waals surface area contributed by atoms with Crippen LogP contribution in [0.5, 0.6) is 0 Å². The van der Waals surface area contributed by atoms with Gasteiger partial charge in [-0.2, -0.15) is 0 Å². The molecular formula is C9H13N3O. The number of rotatable bonds is 1. The fourth-order valence-corrected chi connectivity index (χ4v) is 1.65. The van der Waals surface area contributed by atoms with Crippen LogP contribution in [0.1, 0.15) is 0 Å². The van der Waals surface area contributed by atoms with Gasteiger partial charge in [-0.15, -0.1) is 0 Å². The molecule has 2 rings (SSSR count). The lowest BCUT2D eigenvalue weighted by Crippen LogP contribution is -2.44. The smallest absolute Gasteiger partial charge is 0.246 e. The summed E-state index contributed by atoms with van der Waals surface area (Å²) in [4.78, 5) is 13.1. The summed E-state index contributed by atoms with van der Waals surface area (Å²) in [5.74, 6) is -0.311. The minimum Gasteiger partial charge on any atom is -0.368 e. The van der Waals surface area contributed by atoms with E-state index in [0.29, 0.717) is 12.1 Å². The zero-order chi connectivity index (χ0) is 9.26. The Balaban J connectivity index is 2.18. The average Bonchev–Trinajstić information content (AvgIpc) is 2.17. The highest BCUT2D eigenvalue weighted by atomic mass is 16.1. The van der Waals surface area contributed by atoms with Crippen LogP contribution >= 0.6 is 0 Å². The molecule has 0 unspecified atom stereocenters. The van der Waals surface area contributed by atoms with E-state index in [1.807, 2.05) is 12.2 Å². The lowest BCUT2D eigenvalue weighted by molar-refractivity contribution is -0.114. The Morgan fingerprint density at radius 2 is 2.38 bits per heavy atom. The average molecular weight is 179 g/mol. The number of fused-ring (bicyclic) bond motifs is 1. The molecule has 13 heavy (non-hydrogen) atoms. The number of hydrogen-bond acceptors (Lipinski definition) is 3. The van der Waals surface area contributed by atoms with Gasteiger partial charge in [-0.1, -0.05) is 0 Å². The molecule has 0 saturated carbocycles. The number of hydrogen-bond donors (Lipinski definition) is 2. The molecule has 0 aromatic rings. The molecule has 0 atom stereocenters. The third-order valence-electron chi connectivity index (χ3n) is 2.43. The van der Waals surface area contributed by atoms with Gasteiger partial charge in [0.05, 0.1) is 0 Å². The number of carbonyl (C=O) groups is 1. The van der Waals surface area contributed by atoms with E-state index in [9.17, 15) is 4.79 Å².